The molecular formula is C12H13F3O3. The van der Waals surface area contributed by atoms with Gasteiger partial charge in [0.15, 0.2) is 11.5 Å². The lowest BCUT2D eigenvalue weighted by Crippen LogP contribution is -2.35. The van der Waals surface area contributed by atoms with Crippen LogP contribution in [-0.4, -0.2) is 17.1 Å². The largest absolute Gasteiger partial charge is 0.573 e. The molecule has 100 valence electrons. The summed E-state index contributed by atoms with van der Waals surface area (Å²) in [5.74, 6) is -0.467. The summed E-state index contributed by atoms with van der Waals surface area (Å²) in [5, 5.41) is 9.90. The molecule has 0 bridgehead atoms. The molecule has 1 aliphatic heterocycles. The molecule has 0 saturated carbocycles. The predicted octanol–water partition coefficient (Wildman–Crippen LogP) is 3.18. The molecule has 0 fully saturated rings. The molecule has 0 amide bonds. The molecule has 2 rings (SSSR count). The number of hydrogen-bond donors (Lipinski definition) is 1. The monoisotopic (exact) mass is 262 g/mol. The summed E-state index contributed by atoms with van der Waals surface area (Å²) in [4.78, 5) is 0. The van der Waals surface area contributed by atoms with Crippen molar-refractivity contribution in [3.8, 4) is 11.5 Å². The molecule has 1 aromatic carbocycles. The highest BCUT2D eigenvalue weighted by atomic mass is 19.4. The molecule has 1 unspecified atom stereocenters. The summed E-state index contributed by atoms with van der Waals surface area (Å²) in [6, 6.07) is 4.09. The number of halogens is 3. The smallest absolute Gasteiger partial charge is 0.483 e. The van der Waals surface area contributed by atoms with E-state index in [0.29, 0.717) is 12.0 Å². The van der Waals surface area contributed by atoms with Crippen LogP contribution in [0.2, 0.25) is 0 Å². The van der Waals surface area contributed by atoms with E-state index in [1.54, 1.807) is 13.8 Å². The molecule has 1 aromatic rings. The summed E-state index contributed by atoms with van der Waals surface area (Å²) >= 11 is 0. The van der Waals surface area contributed by atoms with Crippen molar-refractivity contribution in [3.63, 3.8) is 0 Å². The van der Waals surface area contributed by atoms with Crippen LogP contribution in [0.3, 0.4) is 0 Å². The van der Waals surface area contributed by atoms with Gasteiger partial charge in [0.2, 0.25) is 0 Å². The minimum atomic E-state index is -4.79. The van der Waals surface area contributed by atoms with Gasteiger partial charge in [0.1, 0.15) is 5.60 Å². The molecule has 0 aliphatic carbocycles. The summed E-state index contributed by atoms with van der Waals surface area (Å²) in [6.07, 6.45) is -5.33. The lowest BCUT2D eigenvalue weighted by Gasteiger charge is -2.36. The van der Waals surface area contributed by atoms with E-state index in [1.165, 1.54) is 18.2 Å². The second kappa shape index (κ2) is 4.05. The van der Waals surface area contributed by atoms with E-state index in [2.05, 4.69) is 4.74 Å². The fourth-order valence-electron chi connectivity index (χ4n) is 2.00. The molecule has 1 aliphatic rings. The first-order valence-electron chi connectivity index (χ1n) is 5.44. The predicted molar refractivity (Wildman–Crippen MR) is 57.4 cm³/mol. The Hall–Kier alpha value is -1.43. The quantitative estimate of drug-likeness (QED) is 0.844. The highest BCUT2D eigenvalue weighted by Crippen LogP contribution is 2.45. The van der Waals surface area contributed by atoms with Gasteiger partial charge < -0.3 is 14.6 Å². The first kappa shape index (κ1) is 13.0. The Kier molecular flexibility index (Phi) is 2.93. The minimum Gasteiger partial charge on any atom is -0.483 e. The van der Waals surface area contributed by atoms with Gasteiger partial charge in [-0.2, -0.15) is 0 Å². The van der Waals surface area contributed by atoms with Gasteiger partial charge in [0, 0.05) is 12.0 Å². The fourth-order valence-corrected chi connectivity index (χ4v) is 2.00. The van der Waals surface area contributed by atoms with Gasteiger partial charge in [-0.05, 0) is 19.9 Å². The molecule has 0 saturated heterocycles. The van der Waals surface area contributed by atoms with E-state index in [0.717, 1.165) is 0 Å². The standard InChI is InChI=1S/C12H13F3O3/c1-11(2)6-8(16)7-4-3-5-9(10(7)18-11)17-12(13,14)15/h3-5,8,16H,6H2,1-2H3. The van der Waals surface area contributed by atoms with Crippen LogP contribution in [0.4, 0.5) is 13.2 Å². The normalized spacial score (nSPS) is 22.0. The zero-order valence-corrected chi connectivity index (χ0v) is 9.91. The molecule has 0 radical (unpaired) electrons. The lowest BCUT2D eigenvalue weighted by molar-refractivity contribution is -0.275. The number of hydrogen-bond acceptors (Lipinski definition) is 3. The third-order valence-corrected chi connectivity index (χ3v) is 2.66. The van der Waals surface area contributed by atoms with Crippen molar-refractivity contribution in [3.05, 3.63) is 23.8 Å². The third-order valence-electron chi connectivity index (χ3n) is 2.66. The van der Waals surface area contributed by atoms with E-state index in [9.17, 15) is 18.3 Å². The zero-order valence-electron chi connectivity index (χ0n) is 9.91. The molecule has 6 heteroatoms. The Morgan fingerprint density at radius 2 is 2.06 bits per heavy atom. The molecule has 3 nitrogen and oxygen atoms in total. The van der Waals surface area contributed by atoms with Gasteiger partial charge in [0.05, 0.1) is 6.10 Å². The van der Waals surface area contributed by atoms with Crippen LogP contribution in [0.5, 0.6) is 11.5 Å². The Bertz CT molecular complexity index is 454. The second-order valence-corrected chi connectivity index (χ2v) is 4.80. The highest BCUT2D eigenvalue weighted by Gasteiger charge is 2.38. The van der Waals surface area contributed by atoms with Crippen molar-refractivity contribution in [2.45, 2.75) is 38.3 Å². The van der Waals surface area contributed by atoms with Crippen LogP contribution in [0.1, 0.15) is 31.9 Å². The second-order valence-electron chi connectivity index (χ2n) is 4.80. The number of fused-ring (bicyclic) bond motifs is 1. The molecule has 0 aromatic heterocycles. The van der Waals surface area contributed by atoms with Crippen LogP contribution < -0.4 is 9.47 Å². The van der Waals surface area contributed by atoms with Crippen LogP contribution in [0, 0.1) is 0 Å². The van der Waals surface area contributed by atoms with Crippen molar-refractivity contribution >= 4 is 0 Å². The van der Waals surface area contributed by atoms with Gasteiger partial charge in [-0.3, -0.25) is 0 Å². The lowest BCUT2D eigenvalue weighted by atomic mass is 9.91. The van der Waals surface area contributed by atoms with E-state index < -0.39 is 23.8 Å². The maximum absolute atomic E-state index is 12.3. The van der Waals surface area contributed by atoms with Crippen LogP contribution in [0.15, 0.2) is 18.2 Å². The van der Waals surface area contributed by atoms with Crippen LogP contribution >= 0.6 is 0 Å². The van der Waals surface area contributed by atoms with Crippen molar-refractivity contribution in [2.75, 3.05) is 0 Å². The van der Waals surface area contributed by atoms with E-state index >= 15 is 0 Å². The Morgan fingerprint density at radius 3 is 2.67 bits per heavy atom. The summed E-state index contributed by atoms with van der Waals surface area (Å²) in [5.41, 5.74) is -0.423. The van der Waals surface area contributed by atoms with E-state index in [4.69, 9.17) is 4.74 Å². The van der Waals surface area contributed by atoms with Gasteiger partial charge in [-0.15, -0.1) is 13.2 Å². The van der Waals surface area contributed by atoms with Gasteiger partial charge >= 0.3 is 6.36 Å². The van der Waals surface area contributed by atoms with Crippen molar-refractivity contribution in [2.24, 2.45) is 0 Å². The molecule has 1 N–H and O–H groups in total. The maximum Gasteiger partial charge on any atom is 0.573 e. The average Bonchev–Trinajstić information content (AvgIpc) is 2.15. The fraction of sp³-hybridized carbons (Fsp3) is 0.500. The highest BCUT2D eigenvalue weighted by molar-refractivity contribution is 5.49. The number of rotatable bonds is 1. The summed E-state index contributed by atoms with van der Waals surface area (Å²) < 4.78 is 46.2. The Balaban J connectivity index is 2.43. The Labute approximate surface area is 102 Å². The first-order valence-corrected chi connectivity index (χ1v) is 5.44. The average molecular weight is 262 g/mol. The van der Waals surface area contributed by atoms with Crippen LogP contribution in [0.25, 0.3) is 0 Å². The molecular weight excluding hydrogens is 249 g/mol. The van der Waals surface area contributed by atoms with E-state index in [-0.39, 0.29) is 5.75 Å². The minimum absolute atomic E-state index is 0.0430. The maximum atomic E-state index is 12.3. The number of para-hydroxylation sites is 1. The topological polar surface area (TPSA) is 38.7 Å². The van der Waals surface area contributed by atoms with Crippen molar-refractivity contribution < 1.29 is 27.8 Å². The number of benzene rings is 1. The SMILES string of the molecule is CC1(C)CC(O)c2cccc(OC(F)(F)F)c2O1. The molecule has 18 heavy (non-hydrogen) atoms. The summed E-state index contributed by atoms with van der Waals surface area (Å²) in [7, 11) is 0. The van der Waals surface area contributed by atoms with Gasteiger partial charge in [-0.25, -0.2) is 0 Å². The van der Waals surface area contributed by atoms with E-state index in [1.807, 2.05) is 0 Å². The molecule has 1 heterocycles. The summed E-state index contributed by atoms with van der Waals surface area (Å²) in [6.45, 7) is 3.40. The zero-order chi connectivity index (χ0) is 13.6. The Morgan fingerprint density at radius 1 is 1.39 bits per heavy atom. The number of ether oxygens (including phenoxy) is 2. The third kappa shape index (κ3) is 2.69. The molecule has 1 atom stereocenters. The number of aliphatic hydroxyl groups excluding tert-OH is 1. The van der Waals surface area contributed by atoms with Crippen molar-refractivity contribution in [1.82, 2.24) is 0 Å². The van der Waals surface area contributed by atoms with Gasteiger partial charge in [-0.1, -0.05) is 12.1 Å². The van der Waals surface area contributed by atoms with Gasteiger partial charge in [0.25, 0.3) is 0 Å². The van der Waals surface area contributed by atoms with Crippen LogP contribution in [-0.2, 0) is 0 Å². The number of aliphatic hydroxyl groups is 1. The number of alkyl halides is 3. The first-order chi connectivity index (χ1) is 8.18. The van der Waals surface area contributed by atoms with Crippen molar-refractivity contribution in [1.29, 1.82) is 0 Å². The molecule has 0 spiro atoms.